The van der Waals surface area contributed by atoms with Gasteiger partial charge in [0.25, 0.3) is 0 Å². The van der Waals surface area contributed by atoms with Crippen molar-refractivity contribution in [1.82, 2.24) is 0 Å². The van der Waals surface area contributed by atoms with E-state index in [9.17, 15) is 4.39 Å². The van der Waals surface area contributed by atoms with Gasteiger partial charge in [0.15, 0.2) is 0 Å². The lowest BCUT2D eigenvalue weighted by Crippen LogP contribution is -2.10. The van der Waals surface area contributed by atoms with Crippen LogP contribution in [0.2, 0.25) is 10.0 Å². The molecule has 13 heavy (non-hydrogen) atoms. The van der Waals surface area contributed by atoms with Gasteiger partial charge in [0, 0.05) is 6.04 Å². The van der Waals surface area contributed by atoms with E-state index in [1.165, 1.54) is 0 Å². The lowest BCUT2D eigenvalue weighted by Gasteiger charge is -2.10. The minimum atomic E-state index is -0.429. The summed E-state index contributed by atoms with van der Waals surface area (Å²) in [5.74, 6) is 0. The molecule has 0 aliphatic heterocycles. The molecule has 0 bridgehead atoms. The fourth-order valence-corrected chi connectivity index (χ4v) is 1.33. The van der Waals surface area contributed by atoms with Crippen LogP contribution in [0.5, 0.6) is 0 Å². The molecule has 0 spiro atoms. The van der Waals surface area contributed by atoms with Gasteiger partial charge in [0.2, 0.25) is 0 Å². The van der Waals surface area contributed by atoms with Crippen LogP contribution in [0.25, 0.3) is 0 Å². The predicted molar refractivity (Wildman–Crippen MR) is 54.0 cm³/mol. The molecule has 0 heterocycles. The Morgan fingerprint density at radius 3 is 2.54 bits per heavy atom. The first-order valence-corrected chi connectivity index (χ1v) is 4.67. The Hall–Kier alpha value is -0.310. The molecule has 4 heteroatoms. The van der Waals surface area contributed by atoms with Gasteiger partial charge in [-0.3, -0.25) is 4.39 Å². The van der Waals surface area contributed by atoms with Crippen molar-refractivity contribution < 1.29 is 4.39 Å². The summed E-state index contributed by atoms with van der Waals surface area (Å²) in [5.41, 5.74) is 6.49. The number of hydrogen-bond acceptors (Lipinski definition) is 1. The normalized spacial score (nSPS) is 12.9. The fourth-order valence-electron chi connectivity index (χ4n) is 1.03. The van der Waals surface area contributed by atoms with Crippen molar-refractivity contribution in [2.45, 2.75) is 12.5 Å². The highest BCUT2D eigenvalue weighted by molar-refractivity contribution is 6.42. The van der Waals surface area contributed by atoms with E-state index < -0.39 is 6.67 Å². The van der Waals surface area contributed by atoms with Crippen molar-refractivity contribution in [1.29, 1.82) is 0 Å². The third kappa shape index (κ3) is 2.83. The molecule has 0 aromatic heterocycles. The van der Waals surface area contributed by atoms with Gasteiger partial charge >= 0.3 is 0 Å². The molecule has 1 aromatic rings. The third-order valence-electron chi connectivity index (χ3n) is 1.79. The van der Waals surface area contributed by atoms with Gasteiger partial charge in [-0.2, -0.15) is 0 Å². The summed E-state index contributed by atoms with van der Waals surface area (Å²) in [5, 5.41) is 0.936. The highest BCUT2D eigenvalue weighted by Gasteiger charge is 2.07. The SMILES string of the molecule is N[C@@H](CCF)c1ccc(Cl)c(Cl)c1. The zero-order chi connectivity index (χ0) is 9.84. The molecule has 1 aromatic carbocycles. The Morgan fingerprint density at radius 1 is 1.31 bits per heavy atom. The van der Waals surface area contributed by atoms with E-state index in [2.05, 4.69) is 0 Å². The lowest BCUT2D eigenvalue weighted by molar-refractivity contribution is 0.442. The average Bonchev–Trinajstić information content (AvgIpc) is 2.10. The average molecular weight is 222 g/mol. The van der Waals surface area contributed by atoms with Crippen molar-refractivity contribution >= 4 is 23.2 Å². The maximum Gasteiger partial charge on any atom is 0.0912 e. The van der Waals surface area contributed by atoms with Crippen LogP contribution in [-0.4, -0.2) is 6.67 Å². The van der Waals surface area contributed by atoms with Crippen LogP contribution in [0.4, 0.5) is 4.39 Å². The Morgan fingerprint density at radius 2 is 2.00 bits per heavy atom. The minimum absolute atomic E-state index is 0.304. The number of alkyl halides is 1. The minimum Gasteiger partial charge on any atom is -0.324 e. The van der Waals surface area contributed by atoms with Crippen LogP contribution in [0.3, 0.4) is 0 Å². The number of rotatable bonds is 3. The molecule has 0 saturated carbocycles. The van der Waals surface area contributed by atoms with Crippen LogP contribution in [0, 0.1) is 0 Å². The highest BCUT2D eigenvalue weighted by atomic mass is 35.5. The van der Waals surface area contributed by atoms with E-state index in [0.29, 0.717) is 16.5 Å². The topological polar surface area (TPSA) is 26.0 Å². The summed E-state index contributed by atoms with van der Waals surface area (Å²) in [6, 6.07) is 4.79. The van der Waals surface area contributed by atoms with Crippen molar-refractivity contribution in [3.05, 3.63) is 33.8 Å². The molecule has 1 rings (SSSR count). The Labute approximate surface area is 86.6 Å². The largest absolute Gasteiger partial charge is 0.324 e. The zero-order valence-electron chi connectivity index (χ0n) is 6.93. The van der Waals surface area contributed by atoms with Crippen LogP contribution < -0.4 is 5.73 Å². The Kier molecular flexibility index (Phi) is 3.97. The summed E-state index contributed by atoms with van der Waals surface area (Å²) >= 11 is 11.5. The molecule has 1 nitrogen and oxygen atoms in total. The summed E-state index contributed by atoms with van der Waals surface area (Å²) in [6.07, 6.45) is 0.304. The summed E-state index contributed by atoms with van der Waals surface area (Å²) in [7, 11) is 0. The standard InChI is InChI=1S/C9H10Cl2FN/c10-7-2-1-6(5-8(7)11)9(13)3-4-12/h1-2,5,9H,3-4,13H2/t9-/m0/s1. The first-order valence-electron chi connectivity index (χ1n) is 3.91. The van der Waals surface area contributed by atoms with Gasteiger partial charge in [-0.05, 0) is 24.1 Å². The summed E-state index contributed by atoms with van der Waals surface area (Å²) in [4.78, 5) is 0. The molecule has 0 fully saturated rings. The summed E-state index contributed by atoms with van der Waals surface area (Å²) < 4.78 is 12.0. The number of nitrogens with two attached hydrogens (primary N) is 1. The van der Waals surface area contributed by atoms with E-state index in [0.717, 1.165) is 5.56 Å². The molecule has 0 aliphatic carbocycles. The zero-order valence-corrected chi connectivity index (χ0v) is 8.45. The van der Waals surface area contributed by atoms with E-state index in [-0.39, 0.29) is 6.04 Å². The summed E-state index contributed by atoms with van der Waals surface area (Å²) in [6.45, 7) is -0.429. The Balaban J connectivity index is 2.84. The van der Waals surface area contributed by atoms with E-state index >= 15 is 0 Å². The van der Waals surface area contributed by atoms with Crippen molar-refractivity contribution in [2.75, 3.05) is 6.67 Å². The molecule has 0 radical (unpaired) electrons. The monoisotopic (exact) mass is 221 g/mol. The highest BCUT2D eigenvalue weighted by Crippen LogP contribution is 2.25. The van der Waals surface area contributed by atoms with Gasteiger partial charge in [-0.25, -0.2) is 0 Å². The molecule has 2 N–H and O–H groups in total. The van der Waals surface area contributed by atoms with Gasteiger partial charge in [0.1, 0.15) is 0 Å². The maximum absolute atomic E-state index is 12.0. The second-order valence-corrected chi connectivity index (χ2v) is 3.57. The molecular formula is C9H10Cl2FN. The lowest BCUT2D eigenvalue weighted by atomic mass is 10.1. The van der Waals surface area contributed by atoms with Crippen LogP contribution in [-0.2, 0) is 0 Å². The number of benzene rings is 1. The van der Waals surface area contributed by atoms with Crippen molar-refractivity contribution in [2.24, 2.45) is 5.73 Å². The van der Waals surface area contributed by atoms with Gasteiger partial charge < -0.3 is 5.73 Å². The molecule has 0 unspecified atom stereocenters. The van der Waals surface area contributed by atoms with Gasteiger partial charge in [-0.15, -0.1) is 0 Å². The third-order valence-corrected chi connectivity index (χ3v) is 2.53. The second-order valence-electron chi connectivity index (χ2n) is 2.76. The Bertz CT molecular complexity index is 291. The first-order chi connectivity index (χ1) is 6.15. The number of halogens is 3. The van der Waals surface area contributed by atoms with E-state index in [1.54, 1.807) is 18.2 Å². The number of hydrogen-bond donors (Lipinski definition) is 1. The van der Waals surface area contributed by atoms with E-state index in [4.69, 9.17) is 28.9 Å². The van der Waals surface area contributed by atoms with Gasteiger partial charge in [-0.1, -0.05) is 29.3 Å². The smallest absolute Gasteiger partial charge is 0.0912 e. The van der Waals surface area contributed by atoms with Crippen LogP contribution in [0.15, 0.2) is 18.2 Å². The first kappa shape index (κ1) is 10.8. The molecule has 0 aliphatic rings. The molecule has 1 atom stereocenters. The molecule has 0 saturated heterocycles. The van der Waals surface area contributed by atoms with Crippen molar-refractivity contribution in [3.8, 4) is 0 Å². The van der Waals surface area contributed by atoms with Crippen LogP contribution in [0.1, 0.15) is 18.0 Å². The van der Waals surface area contributed by atoms with Gasteiger partial charge in [0.05, 0.1) is 16.7 Å². The van der Waals surface area contributed by atoms with Crippen molar-refractivity contribution in [3.63, 3.8) is 0 Å². The van der Waals surface area contributed by atoms with E-state index in [1.807, 2.05) is 0 Å². The predicted octanol–water partition coefficient (Wildman–Crippen LogP) is 3.35. The van der Waals surface area contributed by atoms with Crippen LogP contribution >= 0.6 is 23.2 Å². The molecule has 72 valence electrons. The second kappa shape index (κ2) is 4.80. The molecule has 0 amide bonds. The fraction of sp³-hybridized carbons (Fsp3) is 0.333. The maximum atomic E-state index is 12.0. The quantitative estimate of drug-likeness (QED) is 0.833. The molecular weight excluding hydrogens is 212 g/mol.